The summed E-state index contributed by atoms with van der Waals surface area (Å²) in [6, 6.07) is 22.0. The van der Waals surface area contributed by atoms with Gasteiger partial charge in [-0.15, -0.1) is 0 Å². The zero-order chi connectivity index (χ0) is 24.7. The van der Waals surface area contributed by atoms with E-state index in [1.165, 1.54) is 10.2 Å². The maximum atomic E-state index is 13.7. The van der Waals surface area contributed by atoms with Gasteiger partial charge in [0, 0.05) is 0 Å². The highest BCUT2D eigenvalue weighted by Crippen LogP contribution is 2.35. The molecule has 2 N–H and O–H groups in total. The van der Waals surface area contributed by atoms with Crippen molar-refractivity contribution in [3.8, 4) is 0 Å². The van der Waals surface area contributed by atoms with Gasteiger partial charge >= 0.3 is 0 Å². The van der Waals surface area contributed by atoms with E-state index < -0.39 is 9.84 Å². The molecule has 0 bridgehead atoms. The van der Waals surface area contributed by atoms with Gasteiger partial charge in [0.25, 0.3) is 0 Å². The van der Waals surface area contributed by atoms with Gasteiger partial charge in [-0.25, -0.2) is 18.4 Å². The first-order valence-corrected chi connectivity index (χ1v) is 12.8. The van der Waals surface area contributed by atoms with Crippen LogP contribution in [0, 0.1) is 6.92 Å². The Balaban J connectivity index is 1.72. The molecular formula is C27H25N5O2S. The predicted octanol–water partition coefficient (Wildman–Crippen LogP) is 5.31. The molecule has 0 fully saturated rings. The molecule has 0 amide bonds. The molecule has 35 heavy (non-hydrogen) atoms. The quantitative estimate of drug-likeness (QED) is 0.341. The van der Waals surface area contributed by atoms with Crippen molar-refractivity contribution < 1.29 is 8.42 Å². The van der Waals surface area contributed by atoms with Crippen LogP contribution in [0.2, 0.25) is 0 Å². The predicted molar refractivity (Wildman–Crippen MR) is 140 cm³/mol. The molecule has 5 rings (SSSR count). The van der Waals surface area contributed by atoms with Crippen molar-refractivity contribution in [2.45, 2.75) is 36.5 Å². The van der Waals surface area contributed by atoms with Crippen molar-refractivity contribution >= 4 is 44.1 Å². The third-order valence-electron chi connectivity index (χ3n) is 5.95. The Labute approximate surface area is 203 Å². The van der Waals surface area contributed by atoms with Crippen LogP contribution in [-0.4, -0.2) is 29.3 Å². The molecule has 0 saturated heterocycles. The Kier molecular flexibility index (Phi) is 5.61. The fourth-order valence-corrected chi connectivity index (χ4v) is 5.41. The molecule has 0 aliphatic rings. The molecule has 2 aromatic heterocycles. The van der Waals surface area contributed by atoms with E-state index in [2.05, 4.69) is 28.9 Å². The Morgan fingerprint density at radius 3 is 2.17 bits per heavy atom. The normalized spacial score (nSPS) is 12.3. The maximum absolute atomic E-state index is 13.7. The molecule has 0 atom stereocenters. The Bertz CT molecular complexity index is 1680. The molecule has 5 aromatic rings. The smallest absolute Gasteiger partial charge is 0.212 e. The first-order chi connectivity index (χ1) is 16.8. The van der Waals surface area contributed by atoms with E-state index >= 15 is 0 Å². The number of rotatable bonds is 5. The molecule has 2 heterocycles. The summed E-state index contributed by atoms with van der Waals surface area (Å²) in [6.07, 6.45) is 1.64. The molecule has 8 heteroatoms. The molecule has 0 radical (unpaired) electrons. The number of hydrogen-bond acceptors (Lipinski definition) is 6. The van der Waals surface area contributed by atoms with Crippen molar-refractivity contribution in [3.63, 3.8) is 0 Å². The lowest BCUT2D eigenvalue weighted by molar-refractivity contribution is 0.597. The van der Waals surface area contributed by atoms with Crippen molar-refractivity contribution in [1.29, 1.82) is 0 Å². The molecule has 3 aromatic carbocycles. The summed E-state index contributed by atoms with van der Waals surface area (Å²) >= 11 is 0. The maximum Gasteiger partial charge on any atom is 0.212 e. The number of hydrogen-bond donors (Lipinski definition) is 1. The SMILES string of the molecule is Cc1ccc(S(=O)(=O)c2c(N)n(/N=C\c3ccc(C(C)C)cc3)c3nc4ccccc4nc23)cc1. The van der Waals surface area contributed by atoms with Crippen molar-refractivity contribution in [2.24, 2.45) is 5.10 Å². The molecule has 0 aliphatic heterocycles. The second-order valence-corrected chi connectivity index (χ2v) is 10.7. The minimum absolute atomic E-state index is 0.0362. The van der Waals surface area contributed by atoms with Gasteiger partial charge in [0.2, 0.25) is 9.84 Å². The minimum atomic E-state index is -3.98. The van der Waals surface area contributed by atoms with E-state index in [0.717, 1.165) is 11.1 Å². The Hall–Kier alpha value is -4.04. The second-order valence-electron chi connectivity index (χ2n) is 8.79. The van der Waals surface area contributed by atoms with E-state index in [9.17, 15) is 8.42 Å². The van der Waals surface area contributed by atoms with Crippen molar-refractivity contribution in [2.75, 3.05) is 5.73 Å². The topological polar surface area (TPSA) is 103 Å². The lowest BCUT2D eigenvalue weighted by atomic mass is 10.0. The lowest BCUT2D eigenvalue weighted by Gasteiger charge is -2.06. The van der Waals surface area contributed by atoms with Gasteiger partial charge in [-0.3, -0.25) is 0 Å². The average Bonchev–Trinajstić information content (AvgIpc) is 3.12. The van der Waals surface area contributed by atoms with Crippen LogP contribution in [0.1, 0.15) is 36.5 Å². The summed E-state index contributed by atoms with van der Waals surface area (Å²) < 4.78 is 28.7. The van der Waals surface area contributed by atoms with Crippen LogP contribution in [0.4, 0.5) is 5.82 Å². The van der Waals surface area contributed by atoms with E-state index in [-0.39, 0.29) is 26.8 Å². The zero-order valence-electron chi connectivity index (χ0n) is 19.7. The first-order valence-electron chi connectivity index (χ1n) is 11.3. The third kappa shape index (κ3) is 4.06. The van der Waals surface area contributed by atoms with E-state index in [0.29, 0.717) is 17.0 Å². The number of nitrogen functional groups attached to an aromatic ring is 1. The number of fused-ring (bicyclic) bond motifs is 2. The summed E-state index contributed by atoms with van der Waals surface area (Å²) in [5.74, 6) is 0.383. The van der Waals surface area contributed by atoms with Gasteiger partial charge in [-0.1, -0.05) is 67.9 Å². The van der Waals surface area contributed by atoms with Crippen LogP contribution in [0.5, 0.6) is 0 Å². The van der Waals surface area contributed by atoms with Crippen LogP contribution in [-0.2, 0) is 9.84 Å². The van der Waals surface area contributed by atoms with E-state index in [1.807, 2.05) is 49.4 Å². The minimum Gasteiger partial charge on any atom is -0.382 e. The number of nitrogens with two attached hydrogens (primary N) is 1. The fraction of sp³-hybridized carbons (Fsp3) is 0.148. The van der Waals surface area contributed by atoms with Crippen LogP contribution in [0.15, 0.2) is 87.7 Å². The Morgan fingerprint density at radius 1 is 0.914 bits per heavy atom. The number of aromatic nitrogens is 3. The average molecular weight is 484 g/mol. The number of anilines is 1. The van der Waals surface area contributed by atoms with Crippen LogP contribution < -0.4 is 5.73 Å². The molecule has 0 spiro atoms. The highest BCUT2D eigenvalue weighted by atomic mass is 32.2. The lowest BCUT2D eigenvalue weighted by Crippen LogP contribution is -2.06. The van der Waals surface area contributed by atoms with Crippen molar-refractivity contribution in [3.05, 3.63) is 89.5 Å². The van der Waals surface area contributed by atoms with Crippen LogP contribution in [0.25, 0.3) is 22.2 Å². The van der Waals surface area contributed by atoms with E-state index in [4.69, 9.17) is 5.73 Å². The van der Waals surface area contributed by atoms with Gasteiger partial charge in [-0.05, 0) is 48.2 Å². The molecule has 0 saturated carbocycles. The van der Waals surface area contributed by atoms with Crippen LogP contribution >= 0.6 is 0 Å². The second kappa shape index (κ2) is 8.63. The number of aryl methyl sites for hydroxylation is 1. The van der Waals surface area contributed by atoms with E-state index in [1.54, 1.807) is 36.5 Å². The molecule has 176 valence electrons. The summed E-state index contributed by atoms with van der Waals surface area (Å²) in [5.41, 5.74) is 11.1. The summed E-state index contributed by atoms with van der Waals surface area (Å²) in [6.45, 7) is 6.17. The zero-order valence-corrected chi connectivity index (χ0v) is 20.5. The van der Waals surface area contributed by atoms with Gasteiger partial charge in [0.15, 0.2) is 5.65 Å². The van der Waals surface area contributed by atoms with Crippen LogP contribution in [0.3, 0.4) is 0 Å². The number of para-hydroxylation sites is 2. The third-order valence-corrected chi connectivity index (χ3v) is 7.79. The summed E-state index contributed by atoms with van der Waals surface area (Å²) in [4.78, 5) is 9.35. The fourth-order valence-electron chi connectivity index (χ4n) is 3.93. The van der Waals surface area contributed by atoms with Gasteiger partial charge < -0.3 is 5.73 Å². The largest absolute Gasteiger partial charge is 0.382 e. The summed E-state index contributed by atoms with van der Waals surface area (Å²) in [5, 5.41) is 4.53. The highest BCUT2D eigenvalue weighted by Gasteiger charge is 2.30. The highest BCUT2D eigenvalue weighted by molar-refractivity contribution is 7.92. The van der Waals surface area contributed by atoms with Crippen molar-refractivity contribution in [1.82, 2.24) is 14.6 Å². The Morgan fingerprint density at radius 2 is 1.54 bits per heavy atom. The van der Waals surface area contributed by atoms with Gasteiger partial charge in [0.05, 0.1) is 22.1 Å². The monoisotopic (exact) mass is 483 g/mol. The molecular weight excluding hydrogens is 458 g/mol. The standard InChI is InChI=1S/C27H25N5O2S/c1-17(2)20-12-10-19(11-13-20)16-29-32-26(28)25(35(33,34)21-14-8-18(3)9-15-21)24-27(32)31-23-7-5-4-6-22(23)30-24/h4-17H,28H2,1-3H3/b29-16-. The molecule has 7 nitrogen and oxygen atoms in total. The molecule has 0 unspecified atom stereocenters. The number of benzene rings is 3. The first kappa shape index (κ1) is 22.7. The van der Waals surface area contributed by atoms with Gasteiger partial charge in [-0.2, -0.15) is 9.78 Å². The number of sulfone groups is 1. The molecule has 0 aliphatic carbocycles. The summed E-state index contributed by atoms with van der Waals surface area (Å²) in [7, 11) is -3.98. The number of nitrogens with zero attached hydrogens (tertiary/aromatic N) is 4. The van der Waals surface area contributed by atoms with Gasteiger partial charge in [0.1, 0.15) is 16.2 Å².